The number of carbonyl (C=O) groups excluding carboxylic acids is 1. The lowest BCUT2D eigenvalue weighted by Crippen LogP contribution is -1.90. The molecule has 3 heteroatoms. The molecule has 1 aliphatic heterocycles. The fourth-order valence-corrected chi connectivity index (χ4v) is 1.29. The van der Waals surface area contributed by atoms with Crippen LogP contribution in [0.25, 0.3) is 0 Å². The van der Waals surface area contributed by atoms with E-state index in [1.807, 2.05) is 18.4 Å². The lowest BCUT2D eigenvalue weighted by Gasteiger charge is -2.02. The van der Waals surface area contributed by atoms with E-state index in [9.17, 15) is 4.79 Å². The fraction of sp³-hybridized carbons (Fsp3) is 0.100. The maximum Gasteiger partial charge on any atom is 0.233 e. The Morgan fingerprint density at radius 3 is 3.15 bits per heavy atom. The molecule has 0 fully saturated rings. The van der Waals surface area contributed by atoms with E-state index in [1.54, 1.807) is 18.3 Å². The van der Waals surface area contributed by atoms with E-state index in [0.717, 1.165) is 11.3 Å². The maximum atomic E-state index is 10.6. The van der Waals surface area contributed by atoms with Gasteiger partial charge in [-0.05, 0) is 18.1 Å². The largest absolute Gasteiger partial charge is 0.285 e. The van der Waals surface area contributed by atoms with Crippen molar-refractivity contribution in [2.75, 3.05) is 0 Å². The van der Waals surface area contributed by atoms with Crippen LogP contribution in [0.1, 0.15) is 11.1 Å². The van der Waals surface area contributed by atoms with Gasteiger partial charge in [0, 0.05) is 11.8 Å². The van der Waals surface area contributed by atoms with Crippen LogP contribution >= 0.6 is 0 Å². The van der Waals surface area contributed by atoms with E-state index in [1.165, 1.54) is 0 Å². The second-order valence-corrected chi connectivity index (χ2v) is 2.71. The van der Waals surface area contributed by atoms with Crippen LogP contribution in [0.5, 0.6) is 0 Å². The van der Waals surface area contributed by atoms with Crippen LogP contribution in [0.15, 0.2) is 40.7 Å². The molecule has 1 aromatic rings. The van der Waals surface area contributed by atoms with E-state index in [0.29, 0.717) is 12.0 Å². The van der Waals surface area contributed by atoms with E-state index < -0.39 is 0 Å². The number of rotatable bonds is 1. The van der Waals surface area contributed by atoms with Crippen molar-refractivity contribution in [2.45, 2.75) is 6.42 Å². The third-order valence-electron chi connectivity index (χ3n) is 1.92. The lowest BCUT2D eigenvalue weighted by atomic mass is 10.0. The van der Waals surface area contributed by atoms with E-state index >= 15 is 0 Å². The van der Waals surface area contributed by atoms with Gasteiger partial charge in [-0.25, -0.2) is 0 Å². The maximum absolute atomic E-state index is 10.6. The highest BCUT2D eigenvalue weighted by atomic mass is 16.1. The van der Waals surface area contributed by atoms with Crippen molar-refractivity contribution in [3.8, 4) is 0 Å². The highest BCUT2D eigenvalue weighted by Gasteiger charge is 2.07. The minimum atomic E-state index is 0.572. The molecule has 2 rings (SSSR count). The van der Waals surface area contributed by atoms with Gasteiger partial charge in [0.05, 0.1) is 5.69 Å². The van der Waals surface area contributed by atoms with Crippen molar-refractivity contribution in [3.63, 3.8) is 0 Å². The Morgan fingerprint density at radius 2 is 2.31 bits per heavy atom. The van der Waals surface area contributed by atoms with Crippen LogP contribution < -0.4 is 0 Å². The molecule has 0 unspecified atom stereocenters. The molecule has 0 saturated heterocycles. The van der Waals surface area contributed by atoms with Gasteiger partial charge in [0.25, 0.3) is 0 Å². The predicted octanol–water partition coefficient (Wildman–Crippen LogP) is 2.30. The molecule has 0 amide bonds. The normalized spacial score (nSPS) is 13.5. The minimum absolute atomic E-state index is 0.572. The minimum Gasteiger partial charge on any atom is -0.285 e. The molecule has 1 radical (unpaired) electrons. The number of allylic oxidation sites excluding steroid dienone is 1. The molecule has 0 aromatic heterocycles. The van der Waals surface area contributed by atoms with Gasteiger partial charge in [-0.2, -0.15) is 10.2 Å². The molecule has 0 bridgehead atoms. The predicted molar refractivity (Wildman–Crippen MR) is 48.6 cm³/mol. The summed E-state index contributed by atoms with van der Waals surface area (Å²) < 4.78 is 0. The average molecular weight is 171 g/mol. The molecule has 1 aromatic carbocycles. The zero-order valence-electron chi connectivity index (χ0n) is 6.90. The van der Waals surface area contributed by atoms with Crippen molar-refractivity contribution < 1.29 is 4.79 Å². The van der Waals surface area contributed by atoms with Crippen LogP contribution in [0.2, 0.25) is 0 Å². The molecular weight excluding hydrogens is 164 g/mol. The van der Waals surface area contributed by atoms with Crippen LogP contribution in [0.3, 0.4) is 0 Å². The molecule has 0 saturated carbocycles. The van der Waals surface area contributed by atoms with E-state index in [-0.39, 0.29) is 0 Å². The zero-order valence-corrected chi connectivity index (χ0v) is 6.90. The number of benzene rings is 1. The quantitative estimate of drug-likeness (QED) is 0.639. The van der Waals surface area contributed by atoms with Crippen LogP contribution in [0.4, 0.5) is 5.69 Å². The topological polar surface area (TPSA) is 41.8 Å². The van der Waals surface area contributed by atoms with E-state index in [4.69, 9.17) is 0 Å². The molecule has 1 aliphatic rings. The van der Waals surface area contributed by atoms with Gasteiger partial charge < -0.3 is 0 Å². The Morgan fingerprint density at radius 1 is 1.38 bits per heavy atom. The summed E-state index contributed by atoms with van der Waals surface area (Å²) >= 11 is 0. The van der Waals surface area contributed by atoms with Crippen molar-refractivity contribution in [2.24, 2.45) is 10.2 Å². The molecule has 1 heterocycles. The Bertz CT molecular complexity index is 394. The highest BCUT2D eigenvalue weighted by molar-refractivity contribution is 5.80. The second kappa shape index (κ2) is 3.31. The van der Waals surface area contributed by atoms with Crippen LogP contribution in [-0.4, -0.2) is 6.29 Å². The SMILES string of the molecule is O=[C]c1cccc2c1CC=CN=N2. The first-order valence-electron chi connectivity index (χ1n) is 3.98. The van der Waals surface area contributed by atoms with Crippen molar-refractivity contribution in [1.29, 1.82) is 0 Å². The summed E-state index contributed by atoms with van der Waals surface area (Å²) in [6.45, 7) is 0. The summed E-state index contributed by atoms with van der Waals surface area (Å²) in [7, 11) is 0. The number of nitrogens with zero attached hydrogens (tertiary/aromatic N) is 2. The van der Waals surface area contributed by atoms with Gasteiger partial charge in [-0.15, -0.1) is 0 Å². The zero-order chi connectivity index (χ0) is 9.10. The van der Waals surface area contributed by atoms with Gasteiger partial charge in [-0.1, -0.05) is 18.2 Å². The monoisotopic (exact) mass is 171 g/mol. The summed E-state index contributed by atoms with van der Waals surface area (Å²) in [5, 5.41) is 7.76. The number of fused-ring (bicyclic) bond motifs is 1. The Labute approximate surface area is 75.8 Å². The van der Waals surface area contributed by atoms with Gasteiger partial charge in [-0.3, -0.25) is 4.79 Å². The summed E-state index contributed by atoms with van der Waals surface area (Å²) in [6, 6.07) is 5.36. The fourth-order valence-electron chi connectivity index (χ4n) is 1.29. The molecule has 13 heavy (non-hydrogen) atoms. The van der Waals surface area contributed by atoms with Crippen LogP contribution in [-0.2, 0) is 11.2 Å². The van der Waals surface area contributed by atoms with Gasteiger partial charge in [0.1, 0.15) is 0 Å². The average Bonchev–Trinajstić information content (AvgIpc) is 2.41. The lowest BCUT2D eigenvalue weighted by molar-refractivity contribution is 0.562. The molecule has 0 atom stereocenters. The van der Waals surface area contributed by atoms with E-state index in [2.05, 4.69) is 10.2 Å². The van der Waals surface area contributed by atoms with Crippen molar-refractivity contribution in [1.82, 2.24) is 0 Å². The number of hydrogen-bond donors (Lipinski definition) is 0. The van der Waals surface area contributed by atoms with Crippen molar-refractivity contribution in [3.05, 3.63) is 41.6 Å². The summed E-state index contributed by atoms with van der Waals surface area (Å²) in [5.41, 5.74) is 2.23. The van der Waals surface area contributed by atoms with Gasteiger partial charge in [0.15, 0.2) is 0 Å². The molecular formula is C10H7N2O. The standard InChI is InChI=1S/C10H7N2O/c13-7-8-3-1-5-10-9(8)4-2-6-11-12-10/h1-3,5-6H,4H2. The molecule has 3 nitrogen and oxygen atoms in total. The third-order valence-corrected chi connectivity index (χ3v) is 1.92. The summed E-state index contributed by atoms with van der Waals surface area (Å²) in [4.78, 5) is 10.6. The molecule has 63 valence electrons. The highest BCUT2D eigenvalue weighted by Crippen LogP contribution is 2.24. The first kappa shape index (κ1) is 7.86. The third kappa shape index (κ3) is 1.40. The summed E-state index contributed by atoms with van der Waals surface area (Å²) in [5.74, 6) is 0. The summed E-state index contributed by atoms with van der Waals surface area (Å²) in [6.07, 6.45) is 6.09. The molecule has 0 N–H and O–H groups in total. The second-order valence-electron chi connectivity index (χ2n) is 2.71. The smallest absolute Gasteiger partial charge is 0.233 e. The van der Waals surface area contributed by atoms with Gasteiger partial charge in [0.2, 0.25) is 6.29 Å². The molecule has 0 aliphatic carbocycles. The Balaban J connectivity index is 2.61. The first-order chi connectivity index (χ1) is 6.42. The number of hydrogen-bond acceptors (Lipinski definition) is 3. The van der Waals surface area contributed by atoms with Crippen molar-refractivity contribution >= 4 is 12.0 Å². The Hall–Kier alpha value is -1.77. The van der Waals surface area contributed by atoms with Gasteiger partial charge >= 0.3 is 0 Å². The molecule has 0 spiro atoms. The number of azo groups is 1. The van der Waals surface area contributed by atoms with Crippen LogP contribution in [0, 0.1) is 0 Å². The Kier molecular flexibility index (Phi) is 2.00. The first-order valence-corrected chi connectivity index (χ1v) is 3.98.